The maximum absolute atomic E-state index is 5.59. The van der Waals surface area contributed by atoms with Crippen molar-refractivity contribution in [2.24, 2.45) is 10.7 Å². The fraction of sp³-hybridized carbons (Fsp3) is 0.462. The first-order valence-corrected chi connectivity index (χ1v) is 6.04. The summed E-state index contributed by atoms with van der Waals surface area (Å²) in [6.45, 7) is 3.53. The summed E-state index contributed by atoms with van der Waals surface area (Å²) >= 11 is 0. The Bertz CT molecular complexity index is 339. The van der Waals surface area contributed by atoms with E-state index in [4.69, 9.17) is 20.9 Å². The maximum atomic E-state index is 5.59. The number of benzene rings is 1. The summed E-state index contributed by atoms with van der Waals surface area (Å²) in [5.74, 6) is 0. The molecule has 0 saturated carbocycles. The van der Waals surface area contributed by atoms with E-state index in [2.05, 4.69) is 4.99 Å². The van der Waals surface area contributed by atoms with Gasteiger partial charge in [0.15, 0.2) is 0 Å². The van der Waals surface area contributed by atoms with Crippen LogP contribution in [-0.2, 0) is 9.47 Å². The fourth-order valence-corrected chi connectivity index (χ4v) is 1.27. The van der Waals surface area contributed by atoms with Gasteiger partial charge in [0.2, 0.25) is 0 Å². The molecule has 18 heavy (non-hydrogen) atoms. The molecule has 1 rings (SSSR count). The molecule has 0 aromatic heterocycles. The van der Waals surface area contributed by atoms with Crippen LogP contribution in [0.15, 0.2) is 29.3 Å². The molecule has 0 aliphatic rings. The van der Waals surface area contributed by atoms with Crippen LogP contribution in [-0.4, -0.2) is 45.7 Å². The van der Waals surface area contributed by atoms with Crippen LogP contribution in [0.3, 0.4) is 0 Å². The molecule has 5 heteroatoms. The number of hydrogen-bond acceptors (Lipinski definition) is 5. The van der Waals surface area contributed by atoms with Crippen LogP contribution in [0.5, 0.6) is 0 Å². The second kappa shape index (κ2) is 9.58. The van der Waals surface area contributed by atoms with Gasteiger partial charge >= 0.3 is 0 Å². The number of ether oxygens (including phenoxy) is 2. The van der Waals surface area contributed by atoms with E-state index < -0.39 is 0 Å². The van der Waals surface area contributed by atoms with Gasteiger partial charge in [-0.15, -0.1) is 0 Å². The van der Waals surface area contributed by atoms with Gasteiger partial charge in [-0.3, -0.25) is 4.99 Å². The second-order valence-electron chi connectivity index (χ2n) is 3.72. The van der Waals surface area contributed by atoms with Crippen LogP contribution >= 0.6 is 0 Å². The molecule has 0 unspecified atom stereocenters. The van der Waals surface area contributed by atoms with Gasteiger partial charge in [0.1, 0.15) is 0 Å². The van der Waals surface area contributed by atoms with Crippen molar-refractivity contribution < 1.29 is 9.47 Å². The Morgan fingerprint density at radius 3 is 2.33 bits per heavy atom. The van der Waals surface area contributed by atoms with Gasteiger partial charge in [0.05, 0.1) is 33.0 Å². The number of hydrogen-bond donors (Lipinski definition) is 2. The van der Waals surface area contributed by atoms with Crippen LogP contribution in [0.25, 0.3) is 0 Å². The highest BCUT2D eigenvalue weighted by atomic mass is 16.5. The van der Waals surface area contributed by atoms with Crippen molar-refractivity contribution in [3.8, 4) is 0 Å². The Morgan fingerprint density at radius 2 is 1.67 bits per heavy atom. The summed E-state index contributed by atoms with van der Waals surface area (Å²) in [6.07, 6.45) is 1.81. The molecule has 0 atom stereocenters. The lowest BCUT2D eigenvalue weighted by molar-refractivity contribution is 0.0540. The predicted molar refractivity (Wildman–Crippen MR) is 74.0 cm³/mol. The Morgan fingerprint density at radius 1 is 1.00 bits per heavy atom. The Labute approximate surface area is 108 Å². The summed E-state index contributed by atoms with van der Waals surface area (Å²) in [6, 6.07) is 7.57. The number of anilines is 1. The molecule has 100 valence electrons. The molecule has 1 aromatic rings. The molecule has 1 aromatic carbocycles. The molecular weight excluding hydrogens is 230 g/mol. The van der Waals surface area contributed by atoms with Gasteiger partial charge in [-0.2, -0.15) is 0 Å². The topological polar surface area (TPSA) is 82.9 Å². The summed E-state index contributed by atoms with van der Waals surface area (Å²) in [4.78, 5) is 4.25. The third kappa shape index (κ3) is 7.01. The molecule has 0 radical (unpaired) electrons. The zero-order valence-electron chi connectivity index (χ0n) is 10.5. The van der Waals surface area contributed by atoms with Crippen LogP contribution < -0.4 is 11.5 Å². The van der Waals surface area contributed by atoms with E-state index in [1.54, 1.807) is 0 Å². The summed E-state index contributed by atoms with van der Waals surface area (Å²) < 4.78 is 10.5. The van der Waals surface area contributed by atoms with Gasteiger partial charge in [-0.25, -0.2) is 0 Å². The zero-order valence-corrected chi connectivity index (χ0v) is 10.5. The van der Waals surface area contributed by atoms with Crippen molar-refractivity contribution in [3.05, 3.63) is 29.8 Å². The van der Waals surface area contributed by atoms with E-state index in [1.807, 2.05) is 30.5 Å². The lowest BCUT2D eigenvalue weighted by Gasteiger charge is -2.02. The van der Waals surface area contributed by atoms with Crippen LogP contribution in [0.1, 0.15) is 5.56 Å². The van der Waals surface area contributed by atoms with E-state index in [0.29, 0.717) is 39.5 Å². The highest BCUT2D eigenvalue weighted by Gasteiger charge is 1.89. The monoisotopic (exact) mass is 251 g/mol. The third-order valence-corrected chi connectivity index (χ3v) is 2.18. The molecule has 0 spiro atoms. The van der Waals surface area contributed by atoms with Crippen molar-refractivity contribution in [1.82, 2.24) is 0 Å². The highest BCUT2D eigenvalue weighted by molar-refractivity contribution is 5.80. The van der Waals surface area contributed by atoms with Crippen molar-refractivity contribution >= 4 is 11.9 Å². The Hall–Kier alpha value is -1.43. The lowest BCUT2D eigenvalue weighted by Crippen LogP contribution is -2.12. The first kappa shape index (κ1) is 14.6. The molecule has 0 aliphatic carbocycles. The molecule has 0 saturated heterocycles. The smallest absolute Gasteiger partial charge is 0.0701 e. The SMILES string of the molecule is NCCOCCOCC/N=C/c1ccc(N)cc1. The fourth-order valence-electron chi connectivity index (χ4n) is 1.27. The van der Waals surface area contributed by atoms with Gasteiger partial charge < -0.3 is 20.9 Å². The van der Waals surface area contributed by atoms with Gasteiger partial charge in [-0.1, -0.05) is 12.1 Å². The molecule has 0 aliphatic heterocycles. The number of nitrogens with zero attached hydrogens (tertiary/aromatic N) is 1. The Kier molecular flexibility index (Phi) is 7.79. The minimum absolute atomic E-state index is 0.548. The predicted octanol–water partition coefficient (Wildman–Crippen LogP) is 0.680. The third-order valence-electron chi connectivity index (χ3n) is 2.18. The molecule has 0 amide bonds. The van der Waals surface area contributed by atoms with Crippen LogP contribution in [0, 0.1) is 0 Å². The minimum atomic E-state index is 0.548. The maximum Gasteiger partial charge on any atom is 0.0701 e. The number of nitrogen functional groups attached to an aromatic ring is 1. The van der Waals surface area contributed by atoms with Crippen molar-refractivity contribution in [2.45, 2.75) is 0 Å². The number of nitrogens with two attached hydrogens (primary N) is 2. The van der Waals surface area contributed by atoms with Gasteiger partial charge in [0, 0.05) is 18.4 Å². The van der Waals surface area contributed by atoms with E-state index >= 15 is 0 Å². The standard InChI is InChI=1S/C13H21N3O2/c14-5-7-17-9-10-18-8-6-16-11-12-1-3-13(15)4-2-12/h1-4,11H,5-10,14-15H2/b16-11+. The first-order chi connectivity index (χ1) is 8.83. The largest absolute Gasteiger partial charge is 0.399 e. The van der Waals surface area contributed by atoms with Crippen molar-refractivity contribution in [3.63, 3.8) is 0 Å². The average Bonchev–Trinajstić information content (AvgIpc) is 2.39. The van der Waals surface area contributed by atoms with Crippen molar-refractivity contribution in [2.75, 3.05) is 45.3 Å². The number of aliphatic imine (C=N–C) groups is 1. The van der Waals surface area contributed by atoms with E-state index in [9.17, 15) is 0 Å². The average molecular weight is 251 g/mol. The van der Waals surface area contributed by atoms with E-state index in [-0.39, 0.29) is 0 Å². The van der Waals surface area contributed by atoms with Gasteiger partial charge in [-0.05, 0) is 17.7 Å². The van der Waals surface area contributed by atoms with E-state index in [0.717, 1.165) is 11.3 Å². The first-order valence-electron chi connectivity index (χ1n) is 6.04. The Balaban J connectivity index is 2.02. The van der Waals surface area contributed by atoms with Crippen LogP contribution in [0.2, 0.25) is 0 Å². The second-order valence-corrected chi connectivity index (χ2v) is 3.72. The molecular formula is C13H21N3O2. The molecule has 0 bridgehead atoms. The van der Waals surface area contributed by atoms with Crippen LogP contribution in [0.4, 0.5) is 5.69 Å². The highest BCUT2D eigenvalue weighted by Crippen LogP contribution is 2.02. The summed E-state index contributed by atoms with van der Waals surface area (Å²) in [5, 5.41) is 0. The molecule has 0 fully saturated rings. The van der Waals surface area contributed by atoms with E-state index in [1.165, 1.54) is 0 Å². The normalized spacial score (nSPS) is 11.2. The molecule has 5 nitrogen and oxygen atoms in total. The molecule has 4 N–H and O–H groups in total. The summed E-state index contributed by atoms with van der Waals surface area (Å²) in [7, 11) is 0. The zero-order chi connectivity index (χ0) is 13.1. The van der Waals surface area contributed by atoms with Crippen molar-refractivity contribution in [1.29, 1.82) is 0 Å². The molecule has 0 heterocycles. The lowest BCUT2D eigenvalue weighted by atomic mass is 10.2. The quantitative estimate of drug-likeness (QED) is 0.384. The minimum Gasteiger partial charge on any atom is -0.399 e. The van der Waals surface area contributed by atoms with Gasteiger partial charge in [0.25, 0.3) is 0 Å². The number of rotatable bonds is 9. The summed E-state index contributed by atoms with van der Waals surface area (Å²) in [5.41, 5.74) is 12.7.